The number of Topliss-reactive ketones (excluding diaryl/α,β-unsaturated/α-hetero) is 1. The summed E-state index contributed by atoms with van der Waals surface area (Å²) >= 11 is 0. The number of allylic oxidation sites excluding steroid dienone is 4. The summed E-state index contributed by atoms with van der Waals surface area (Å²) in [4.78, 5) is 53.2. The highest BCUT2D eigenvalue weighted by Crippen LogP contribution is 2.25. The Balaban J connectivity index is 2.39. The van der Waals surface area contributed by atoms with Gasteiger partial charge < -0.3 is 35.5 Å². The third kappa shape index (κ3) is 10.6. The highest BCUT2D eigenvalue weighted by molar-refractivity contribution is 6.23. The number of likely N-dealkylation sites (N-methyl/N-ethyl adjacent to an activating group) is 1. The van der Waals surface area contributed by atoms with Crippen molar-refractivity contribution in [1.82, 2.24) is 15.5 Å². The van der Waals surface area contributed by atoms with Gasteiger partial charge in [0.1, 0.15) is 0 Å². The van der Waals surface area contributed by atoms with Crippen molar-refractivity contribution in [3.63, 3.8) is 0 Å². The van der Waals surface area contributed by atoms with Crippen LogP contribution in [0.5, 0.6) is 0 Å². The van der Waals surface area contributed by atoms with Crippen molar-refractivity contribution >= 4 is 23.6 Å². The summed E-state index contributed by atoms with van der Waals surface area (Å²) in [7, 11) is 7.03. The van der Waals surface area contributed by atoms with E-state index in [9.17, 15) is 19.2 Å². The Kier molecular flexibility index (Phi) is 13.9. The molecule has 0 aromatic carbocycles. The van der Waals surface area contributed by atoms with E-state index in [4.69, 9.17) is 19.9 Å². The molecule has 0 saturated heterocycles. The second-order valence-electron chi connectivity index (χ2n) is 10.7. The maximum absolute atomic E-state index is 13.5. The number of nitrogens with zero attached hydrogens (tertiary/aromatic N) is 1. The first-order valence-electron chi connectivity index (χ1n) is 14.1. The van der Waals surface area contributed by atoms with Crippen LogP contribution in [0.4, 0.5) is 4.79 Å². The van der Waals surface area contributed by atoms with Gasteiger partial charge in [-0.2, -0.15) is 0 Å². The minimum absolute atomic E-state index is 0.0355. The van der Waals surface area contributed by atoms with Crippen LogP contribution in [0.2, 0.25) is 0 Å². The molecule has 0 saturated carbocycles. The average Bonchev–Trinajstić information content (AvgIpc) is 2.91. The molecule has 1 aliphatic carbocycles. The lowest BCUT2D eigenvalue weighted by atomic mass is 9.91. The van der Waals surface area contributed by atoms with Crippen molar-refractivity contribution in [2.45, 2.75) is 77.1 Å². The summed E-state index contributed by atoms with van der Waals surface area (Å²) in [6, 6.07) is 0. The van der Waals surface area contributed by atoms with Gasteiger partial charge in [-0.1, -0.05) is 12.2 Å². The fourth-order valence-corrected chi connectivity index (χ4v) is 4.88. The standard InChI is InChI=1S/C30H46N4O7/c1-19-10-7-12-21(39-5)13-9-14-22-26(32-16-17-34(3)4)24(35)18-23(27(22)36)33-29(37)20(2)11-8-15-25(40-6)28(19)41-30(31)38/h10-11,18,21,25,28,32H,7-9,12-17H2,1-6H3,(H2,31,38)(H,33,37)/b19-10+,20-11+/t21-,25?,28?/m1/s1. The number of primary amides is 1. The Bertz CT molecular complexity index is 1090. The Morgan fingerprint density at radius 1 is 1.07 bits per heavy atom. The van der Waals surface area contributed by atoms with Gasteiger partial charge in [-0.25, -0.2) is 4.79 Å². The number of nitrogens with two attached hydrogens (primary N) is 1. The third-order valence-electron chi connectivity index (χ3n) is 7.28. The molecule has 4 N–H and O–H groups in total. The summed E-state index contributed by atoms with van der Waals surface area (Å²) in [6.07, 6.45) is 6.63. The number of carbonyl (C=O) groups excluding carboxylic acids is 4. The van der Waals surface area contributed by atoms with E-state index in [0.717, 1.165) is 5.57 Å². The second-order valence-corrected chi connectivity index (χ2v) is 10.7. The van der Waals surface area contributed by atoms with Crippen molar-refractivity contribution in [3.8, 4) is 0 Å². The number of ketones is 2. The van der Waals surface area contributed by atoms with Gasteiger partial charge in [0, 0.05) is 44.5 Å². The summed E-state index contributed by atoms with van der Waals surface area (Å²) in [5.74, 6) is -1.18. The number of amides is 2. The van der Waals surface area contributed by atoms with Gasteiger partial charge in [0.05, 0.1) is 23.6 Å². The zero-order valence-electron chi connectivity index (χ0n) is 25.2. The number of rotatable bonds is 7. The van der Waals surface area contributed by atoms with Crippen LogP contribution >= 0.6 is 0 Å². The quantitative estimate of drug-likeness (QED) is 0.308. The van der Waals surface area contributed by atoms with Crippen LogP contribution in [-0.4, -0.2) is 88.2 Å². The van der Waals surface area contributed by atoms with E-state index < -0.39 is 24.2 Å². The molecule has 2 amide bonds. The zero-order chi connectivity index (χ0) is 30.5. The van der Waals surface area contributed by atoms with Crippen LogP contribution in [0, 0.1) is 0 Å². The first-order valence-corrected chi connectivity index (χ1v) is 14.1. The normalized spacial score (nSPS) is 26.5. The SMILES string of the molecule is COC1CC/C=C(\C)C(=O)NC2=CC(=O)C(NCCN(C)C)=C(CCC[C@H](OC)CC/C=C(\C)C1OC(N)=O)C2=O. The monoisotopic (exact) mass is 574 g/mol. The van der Waals surface area contributed by atoms with Gasteiger partial charge in [-0.15, -0.1) is 0 Å². The van der Waals surface area contributed by atoms with Crippen molar-refractivity contribution in [2.75, 3.05) is 41.4 Å². The smallest absolute Gasteiger partial charge is 0.405 e. The summed E-state index contributed by atoms with van der Waals surface area (Å²) in [5.41, 5.74) is 7.15. The van der Waals surface area contributed by atoms with Crippen LogP contribution < -0.4 is 16.4 Å². The van der Waals surface area contributed by atoms with Gasteiger partial charge in [0.15, 0.2) is 6.10 Å². The lowest BCUT2D eigenvalue weighted by molar-refractivity contribution is -0.120. The molecule has 0 aromatic heterocycles. The van der Waals surface area contributed by atoms with Crippen LogP contribution in [-0.2, 0) is 28.6 Å². The summed E-state index contributed by atoms with van der Waals surface area (Å²) in [6.45, 7) is 4.68. The summed E-state index contributed by atoms with van der Waals surface area (Å²) in [5, 5.41) is 5.78. The molecule has 3 atom stereocenters. The van der Waals surface area contributed by atoms with Gasteiger partial charge in [0.2, 0.25) is 11.6 Å². The predicted octanol–water partition coefficient (Wildman–Crippen LogP) is 2.67. The molecule has 1 heterocycles. The molecule has 41 heavy (non-hydrogen) atoms. The molecule has 0 radical (unpaired) electrons. The lowest BCUT2D eigenvalue weighted by Gasteiger charge is -2.26. The number of hydrogen-bond acceptors (Lipinski definition) is 9. The van der Waals surface area contributed by atoms with Gasteiger partial charge in [0.25, 0.3) is 5.91 Å². The molecular weight excluding hydrogens is 528 g/mol. The van der Waals surface area contributed by atoms with Crippen molar-refractivity contribution < 1.29 is 33.4 Å². The molecule has 0 spiro atoms. The topological polar surface area (TPSA) is 149 Å². The van der Waals surface area contributed by atoms with E-state index in [1.54, 1.807) is 20.1 Å². The van der Waals surface area contributed by atoms with Crippen LogP contribution in [0.15, 0.2) is 46.3 Å². The first kappa shape index (κ1) is 33.9. The highest BCUT2D eigenvalue weighted by Gasteiger charge is 2.30. The van der Waals surface area contributed by atoms with Gasteiger partial charge in [-0.05, 0) is 78.5 Å². The molecule has 2 rings (SSSR count). The van der Waals surface area contributed by atoms with Crippen LogP contribution in [0.1, 0.15) is 58.8 Å². The number of carbonyl (C=O) groups is 4. The Labute approximate surface area is 243 Å². The van der Waals surface area contributed by atoms with Crippen LogP contribution in [0.3, 0.4) is 0 Å². The highest BCUT2D eigenvalue weighted by atomic mass is 16.6. The predicted molar refractivity (Wildman–Crippen MR) is 156 cm³/mol. The number of methoxy groups -OCH3 is 2. The van der Waals surface area contributed by atoms with Crippen LogP contribution in [0.25, 0.3) is 0 Å². The average molecular weight is 575 g/mol. The Hall–Kier alpha value is -3.28. The maximum atomic E-state index is 13.5. The lowest BCUT2D eigenvalue weighted by Crippen LogP contribution is -2.37. The van der Waals surface area contributed by atoms with E-state index >= 15 is 0 Å². The molecule has 2 bridgehead atoms. The molecule has 0 fully saturated rings. The zero-order valence-corrected chi connectivity index (χ0v) is 25.2. The minimum atomic E-state index is -0.896. The largest absolute Gasteiger partial charge is 0.439 e. The molecule has 0 aromatic rings. The minimum Gasteiger partial charge on any atom is -0.439 e. The number of nitrogens with one attached hydrogen (secondary N) is 2. The van der Waals surface area contributed by atoms with E-state index in [0.29, 0.717) is 69.2 Å². The number of ether oxygens (including phenoxy) is 3. The summed E-state index contributed by atoms with van der Waals surface area (Å²) < 4.78 is 16.7. The van der Waals surface area contributed by atoms with Crippen molar-refractivity contribution in [3.05, 3.63) is 46.3 Å². The molecule has 2 unspecified atom stereocenters. The number of fused-ring (bicyclic) bond motifs is 2. The van der Waals surface area contributed by atoms with E-state index in [2.05, 4.69) is 10.6 Å². The van der Waals surface area contributed by atoms with Gasteiger partial charge in [-0.3, -0.25) is 14.4 Å². The molecule has 2 aliphatic rings. The number of hydrogen-bond donors (Lipinski definition) is 3. The van der Waals surface area contributed by atoms with Crippen molar-refractivity contribution in [2.24, 2.45) is 5.73 Å². The Morgan fingerprint density at radius 2 is 1.78 bits per heavy atom. The Morgan fingerprint density at radius 3 is 2.41 bits per heavy atom. The molecule has 11 nitrogen and oxygen atoms in total. The van der Waals surface area contributed by atoms with E-state index in [-0.39, 0.29) is 29.1 Å². The second kappa shape index (κ2) is 16.9. The fourth-order valence-electron chi connectivity index (χ4n) is 4.88. The maximum Gasteiger partial charge on any atom is 0.405 e. The molecule has 11 heteroatoms. The van der Waals surface area contributed by atoms with E-state index in [1.807, 2.05) is 32.0 Å². The first-order chi connectivity index (χ1) is 19.5. The van der Waals surface area contributed by atoms with Crippen molar-refractivity contribution in [1.29, 1.82) is 0 Å². The van der Waals surface area contributed by atoms with E-state index in [1.165, 1.54) is 13.2 Å². The molecular formula is C30H46N4O7. The van der Waals surface area contributed by atoms with Gasteiger partial charge >= 0.3 is 6.09 Å². The fraction of sp³-hybridized carbons (Fsp3) is 0.600. The molecule has 228 valence electrons. The molecule has 1 aliphatic heterocycles. The third-order valence-corrected chi connectivity index (χ3v) is 7.28.